The molecule has 0 aromatic rings. The summed E-state index contributed by atoms with van der Waals surface area (Å²) in [7, 11) is 0. The molecule has 5 heteroatoms. The predicted molar refractivity (Wildman–Crippen MR) is 117 cm³/mol. The van der Waals surface area contributed by atoms with Crippen LogP contribution in [-0.4, -0.2) is 49.7 Å². The Morgan fingerprint density at radius 1 is 0.759 bits per heavy atom. The minimum atomic E-state index is -0.111. The second-order valence-corrected chi connectivity index (χ2v) is 8.56. The molecule has 172 valence electrons. The van der Waals surface area contributed by atoms with Gasteiger partial charge in [-0.05, 0) is 19.8 Å². The van der Waals surface area contributed by atoms with Crippen LogP contribution in [0.2, 0.25) is 0 Å². The number of aliphatic hydroxyl groups excluding tert-OH is 1. The maximum absolute atomic E-state index is 11.8. The van der Waals surface area contributed by atoms with Gasteiger partial charge in [-0.15, -0.1) is 0 Å². The number of ether oxygens (including phenoxy) is 3. The lowest BCUT2D eigenvalue weighted by molar-refractivity contribution is -0.164. The molecule has 0 amide bonds. The van der Waals surface area contributed by atoms with Crippen LogP contribution in [-0.2, 0) is 19.0 Å². The second-order valence-electron chi connectivity index (χ2n) is 8.56. The maximum Gasteiger partial charge on any atom is 0.305 e. The van der Waals surface area contributed by atoms with E-state index in [0.717, 1.165) is 19.3 Å². The van der Waals surface area contributed by atoms with E-state index in [1.54, 1.807) is 0 Å². The SMILES string of the molecule is CC1COC(COC(=O)CCCCCCCCCCCCCCCCCO)CO1. The monoisotopic (exact) mass is 414 g/mol. The molecule has 29 heavy (non-hydrogen) atoms. The Bertz CT molecular complexity index is 366. The first-order valence-corrected chi connectivity index (χ1v) is 12.2. The quantitative estimate of drug-likeness (QED) is 0.221. The zero-order chi connectivity index (χ0) is 21.0. The van der Waals surface area contributed by atoms with E-state index in [9.17, 15) is 4.79 Å². The molecule has 5 nitrogen and oxygen atoms in total. The summed E-state index contributed by atoms with van der Waals surface area (Å²) < 4.78 is 16.3. The fraction of sp³-hybridized carbons (Fsp3) is 0.958. The number of hydrogen-bond donors (Lipinski definition) is 1. The third kappa shape index (κ3) is 16.8. The van der Waals surface area contributed by atoms with Gasteiger partial charge in [0, 0.05) is 13.0 Å². The lowest BCUT2D eigenvalue weighted by atomic mass is 10.0. The van der Waals surface area contributed by atoms with Crippen LogP contribution in [0.25, 0.3) is 0 Å². The van der Waals surface area contributed by atoms with Gasteiger partial charge in [-0.1, -0.05) is 83.5 Å². The van der Waals surface area contributed by atoms with Gasteiger partial charge in [-0.25, -0.2) is 0 Å². The van der Waals surface area contributed by atoms with E-state index in [4.69, 9.17) is 19.3 Å². The van der Waals surface area contributed by atoms with Crippen LogP contribution in [0, 0.1) is 0 Å². The van der Waals surface area contributed by atoms with E-state index >= 15 is 0 Å². The highest BCUT2D eigenvalue weighted by atomic mass is 16.6. The Labute approximate surface area is 178 Å². The van der Waals surface area contributed by atoms with E-state index in [0.29, 0.717) is 32.8 Å². The largest absolute Gasteiger partial charge is 0.463 e. The number of aliphatic hydroxyl groups is 1. The van der Waals surface area contributed by atoms with Crippen LogP contribution in [0.3, 0.4) is 0 Å². The number of unbranched alkanes of at least 4 members (excludes halogenated alkanes) is 14. The van der Waals surface area contributed by atoms with Gasteiger partial charge < -0.3 is 19.3 Å². The third-order valence-corrected chi connectivity index (χ3v) is 5.60. The van der Waals surface area contributed by atoms with E-state index in [2.05, 4.69) is 0 Å². The minimum Gasteiger partial charge on any atom is -0.463 e. The summed E-state index contributed by atoms with van der Waals surface area (Å²) in [6.45, 7) is 3.73. The first kappa shape index (κ1) is 26.4. The van der Waals surface area contributed by atoms with Crippen LogP contribution in [0.15, 0.2) is 0 Å². The Kier molecular flexibility index (Phi) is 17.6. The normalized spacial score (nSPS) is 19.4. The number of esters is 1. The van der Waals surface area contributed by atoms with Gasteiger partial charge in [0.2, 0.25) is 0 Å². The molecule has 1 aliphatic rings. The van der Waals surface area contributed by atoms with E-state index in [1.165, 1.54) is 77.0 Å². The Morgan fingerprint density at radius 3 is 1.69 bits per heavy atom. The van der Waals surface area contributed by atoms with Crippen molar-refractivity contribution in [2.75, 3.05) is 26.4 Å². The average molecular weight is 415 g/mol. The molecule has 0 aromatic carbocycles. The Balaban J connectivity index is 1.74. The second kappa shape index (κ2) is 19.3. The predicted octanol–water partition coefficient (Wildman–Crippen LogP) is 5.57. The molecule has 0 spiro atoms. The van der Waals surface area contributed by atoms with Crippen molar-refractivity contribution in [3.05, 3.63) is 0 Å². The van der Waals surface area contributed by atoms with Gasteiger partial charge in [0.15, 0.2) is 0 Å². The molecule has 1 fully saturated rings. The van der Waals surface area contributed by atoms with Crippen molar-refractivity contribution in [1.82, 2.24) is 0 Å². The standard InChI is InChI=1S/C24H46O5/c1-22-19-28-23(20-27-22)21-29-24(26)17-15-13-11-9-7-5-3-2-4-6-8-10-12-14-16-18-25/h22-23,25H,2-21H2,1H3. The molecule has 0 bridgehead atoms. The lowest BCUT2D eigenvalue weighted by Gasteiger charge is -2.26. The minimum absolute atomic E-state index is 0.105. The summed E-state index contributed by atoms with van der Waals surface area (Å²) in [6, 6.07) is 0. The van der Waals surface area contributed by atoms with Crippen molar-refractivity contribution in [2.45, 2.75) is 122 Å². The molecule has 1 N–H and O–H groups in total. The van der Waals surface area contributed by atoms with Gasteiger partial charge in [-0.2, -0.15) is 0 Å². The van der Waals surface area contributed by atoms with Gasteiger partial charge >= 0.3 is 5.97 Å². The average Bonchev–Trinajstić information content (AvgIpc) is 2.73. The molecule has 0 saturated carbocycles. The molecule has 1 saturated heterocycles. The fourth-order valence-corrected chi connectivity index (χ4v) is 3.67. The fourth-order valence-electron chi connectivity index (χ4n) is 3.67. The van der Waals surface area contributed by atoms with E-state index in [-0.39, 0.29) is 18.2 Å². The molecule has 1 aliphatic heterocycles. The summed E-state index contributed by atoms with van der Waals surface area (Å²) in [5, 5.41) is 8.73. The van der Waals surface area contributed by atoms with E-state index in [1.807, 2.05) is 6.92 Å². The first-order chi connectivity index (χ1) is 14.2. The van der Waals surface area contributed by atoms with Crippen molar-refractivity contribution in [2.24, 2.45) is 0 Å². The van der Waals surface area contributed by atoms with Gasteiger partial charge in [0.1, 0.15) is 12.7 Å². The Morgan fingerprint density at radius 2 is 1.24 bits per heavy atom. The zero-order valence-electron chi connectivity index (χ0n) is 18.9. The van der Waals surface area contributed by atoms with Crippen LogP contribution < -0.4 is 0 Å². The Hall–Kier alpha value is -0.650. The van der Waals surface area contributed by atoms with Crippen LogP contribution >= 0.6 is 0 Å². The molecule has 0 aromatic heterocycles. The summed E-state index contributed by atoms with van der Waals surface area (Å²) in [4.78, 5) is 11.8. The van der Waals surface area contributed by atoms with Crippen LogP contribution in [0.1, 0.15) is 110 Å². The molecule has 0 aliphatic carbocycles. The topological polar surface area (TPSA) is 65.0 Å². The molecule has 1 rings (SSSR count). The summed E-state index contributed by atoms with van der Waals surface area (Å²) in [5.74, 6) is -0.111. The summed E-state index contributed by atoms with van der Waals surface area (Å²) in [6.07, 6.45) is 19.4. The van der Waals surface area contributed by atoms with Crippen LogP contribution in [0.4, 0.5) is 0 Å². The maximum atomic E-state index is 11.8. The molecular weight excluding hydrogens is 368 g/mol. The van der Waals surface area contributed by atoms with Gasteiger partial charge in [0.05, 0.1) is 19.3 Å². The first-order valence-electron chi connectivity index (χ1n) is 12.2. The molecular formula is C24H46O5. The smallest absolute Gasteiger partial charge is 0.305 e. The van der Waals surface area contributed by atoms with Crippen molar-refractivity contribution in [1.29, 1.82) is 0 Å². The number of carbonyl (C=O) groups is 1. The van der Waals surface area contributed by atoms with Crippen molar-refractivity contribution in [3.8, 4) is 0 Å². The molecule has 2 unspecified atom stereocenters. The molecule has 1 heterocycles. The molecule has 2 atom stereocenters. The van der Waals surface area contributed by atoms with Gasteiger partial charge in [-0.3, -0.25) is 4.79 Å². The van der Waals surface area contributed by atoms with E-state index < -0.39 is 0 Å². The number of hydrogen-bond acceptors (Lipinski definition) is 5. The van der Waals surface area contributed by atoms with Gasteiger partial charge in [0.25, 0.3) is 0 Å². The summed E-state index contributed by atoms with van der Waals surface area (Å²) in [5.41, 5.74) is 0. The number of carbonyl (C=O) groups excluding carboxylic acids is 1. The lowest BCUT2D eigenvalue weighted by Crippen LogP contribution is -2.37. The van der Waals surface area contributed by atoms with Crippen molar-refractivity contribution >= 4 is 5.97 Å². The zero-order valence-corrected chi connectivity index (χ0v) is 18.9. The third-order valence-electron chi connectivity index (χ3n) is 5.60. The highest BCUT2D eigenvalue weighted by Crippen LogP contribution is 2.14. The van der Waals surface area contributed by atoms with Crippen LogP contribution in [0.5, 0.6) is 0 Å². The summed E-state index contributed by atoms with van der Waals surface area (Å²) >= 11 is 0. The number of rotatable bonds is 19. The molecule has 0 radical (unpaired) electrons. The van der Waals surface area contributed by atoms with Crippen molar-refractivity contribution in [3.63, 3.8) is 0 Å². The van der Waals surface area contributed by atoms with Crippen molar-refractivity contribution < 1.29 is 24.1 Å². The highest BCUT2D eigenvalue weighted by Gasteiger charge is 2.20. The highest BCUT2D eigenvalue weighted by molar-refractivity contribution is 5.69.